The summed E-state index contributed by atoms with van der Waals surface area (Å²) in [6, 6.07) is 5.68. The van der Waals surface area contributed by atoms with Gasteiger partial charge < -0.3 is 9.47 Å². The molecule has 0 amide bonds. The Morgan fingerprint density at radius 2 is 2.19 bits per heavy atom. The van der Waals surface area contributed by atoms with Gasteiger partial charge >= 0.3 is 0 Å². The molecule has 1 aromatic carbocycles. The normalized spacial score (nSPS) is 27.4. The van der Waals surface area contributed by atoms with Crippen LogP contribution < -0.4 is 16.0 Å². The number of nitrogens with one attached hydrogen (secondary N) is 1. The van der Waals surface area contributed by atoms with Gasteiger partial charge in [-0.25, -0.2) is 0 Å². The molecule has 2 rings (SSSR count). The van der Waals surface area contributed by atoms with E-state index in [1.807, 2.05) is 18.2 Å². The van der Waals surface area contributed by atoms with Crippen LogP contribution in [0, 0.1) is 5.92 Å². The maximum absolute atomic E-state index is 6.11. The second kappa shape index (κ2) is 6.97. The smallest absolute Gasteiger partial charge is 0.137 e. The van der Waals surface area contributed by atoms with Crippen LogP contribution in [-0.4, -0.2) is 19.8 Å². The zero-order valence-electron chi connectivity index (χ0n) is 13.0. The second-order valence-electron chi connectivity index (χ2n) is 5.96. The lowest BCUT2D eigenvalue weighted by Crippen LogP contribution is -2.50. The molecular formula is C16H25ClN2O2. The number of hydrogen-bond donors (Lipinski definition) is 2. The van der Waals surface area contributed by atoms with E-state index < -0.39 is 0 Å². The van der Waals surface area contributed by atoms with Gasteiger partial charge in [-0.3, -0.25) is 11.3 Å². The fourth-order valence-electron chi connectivity index (χ4n) is 3.52. The highest BCUT2D eigenvalue weighted by Gasteiger charge is 2.42. The average Bonchev–Trinajstić information content (AvgIpc) is 2.49. The van der Waals surface area contributed by atoms with Crippen molar-refractivity contribution in [3.8, 4) is 5.75 Å². The first kappa shape index (κ1) is 16.6. The predicted octanol–water partition coefficient (Wildman–Crippen LogP) is 3.45. The van der Waals surface area contributed by atoms with Crippen LogP contribution in [0.3, 0.4) is 0 Å². The van der Waals surface area contributed by atoms with Crippen LogP contribution in [-0.2, 0) is 4.74 Å². The number of ether oxygens (including phenoxy) is 2. The van der Waals surface area contributed by atoms with Gasteiger partial charge in [0, 0.05) is 7.11 Å². The Morgan fingerprint density at radius 1 is 1.43 bits per heavy atom. The minimum Gasteiger partial charge on any atom is -0.495 e. The largest absolute Gasteiger partial charge is 0.495 e. The van der Waals surface area contributed by atoms with Crippen molar-refractivity contribution >= 4 is 11.6 Å². The van der Waals surface area contributed by atoms with Crippen molar-refractivity contribution in [3.63, 3.8) is 0 Å². The van der Waals surface area contributed by atoms with E-state index in [0.29, 0.717) is 16.7 Å². The lowest BCUT2D eigenvalue weighted by Gasteiger charge is -2.44. The summed E-state index contributed by atoms with van der Waals surface area (Å²) in [5.41, 5.74) is 3.70. The summed E-state index contributed by atoms with van der Waals surface area (Å²) in [6.07, 6.45) is 4.38. The second-order valence-corrected chi connectivity index (χ2v) is 6.37. The minimum absolute atomic E-state index is 0.0867. The van der Waals surface area contributed by atoms with Crippen molar-refractivity contribution in [2.75, 3.05) is 14.2 Å². The number of nitrogens with two attached hydrogens (primary N) is 1. The molecule has 0 saturated heterocycles. The first-order valence-electron chi connectivity index (χ1n) is 7.41. The molecule has 3 unspecified atom stereocenters. The fourth-order valence-corrected chi connectivity index (χ4v) is 3.71. The summed E-state index contributed by atoms with van der Waals surface area (Å²) in [5.74, 6) is 7.15. The molecule has 4 nitrogen and oxygen atoms in total. The van der Waals surface area contributed by atoms with E-state index >= 15 is 0 Å². The summed E-state index contributed by atoms with van der Waals surface area (Å²) in [4.78, 5) is 0. The van der Waals surface area contributed by atoms with Crippen molar-refractivity contribution in [1.29, 1.82) is 0 Å². The molecule has 1 aliphatic carbocycles. The summed E-state index contributed by atoms with van der Waals surface area (Å²) in [7, 11) is 3.39. The highest BCUT2D eigenvalue weighted by Crippen LogP contribution is 2.44. The fraction of sp³-hybridized carbons (Fsp3) is 0.625. The highest BCUT2D eigenvalue weighted by atomic mass is 35.5. The monoisotopic (exact) mass is 312 g/mol. The molecule has 1 aromatic rings. The first-order chi connectivity index (χ1) is 10.1. The van der Waals surface area contributed by atoms with Crippen molar-refractivity contribution in [3.05, 3.63) is 28.8 Å². The van der Waals surface area contributed by atoms with Gasteiger partial charge in [-0.1, -0.05) is 37.4 Å². The van der Waals surface area contributed by atoms with Gasteiger partial charge in [-0.2, -0.15) is 0 Å². The SMILES string of the molecule is COc1cc(C(NN)C2(OC)CCCC(C)C2)ccc1Cl. The molecule has 0 bridgehead atoms. The number of hydrogen-bond acceptors (Lipinski definition) is 4. The number of rotatable bonds is 5. The molecule has 0 aromatic heterocycles. The molecule has 5 heteroatoms. The molecule has 21 heavy (non-hydrogen) atoms. The summed E-state index contributed by atoms with van der Waals surface area (Å²) >= 11 is 6.11. The van der Waals surface area contributed by atoms with Crippen LogP contribution in [0.1, 0.15) is 44.2 Å². The van der Waals surface area contributed by atoms with Crippen LogP contribution in [0.2, 0.25) is 5.02 Å². The van der Waals surface area contributed by atoms with E-state index in [2.05, 4.69) is 12.3 Å². The standard InChI is InChI=1S/C16H25ClN2O2/c1-11-5-4-8-16(10-11,21-3)15(19-18)12-6-7-13(17)14(9-12)20-2/h6-7,9,11,15,19H,4-5,8,10,18H2,1-3H3. The number of benzene rings is 1. The zero-order valence-corrected chi connectivity index (χ0v) is 13.7. The van der Waals surface area contributed by atoms with E-state index in [0.717, 1.165) is 24.8 Å². The van der Waals surface area contributed by atoms with Gasteiger partial charge in [0.05, 0.1) is 23.8 Å². The number of hydrazine groups is 1. The molecule has 3 N–H and O–H groups in total. The van der Waals surface area contributed by atoms with E-state index in [9.17, 15) is 0 Å². The Balaban J connectivity index is 2.37. The van der Waals surface area contributed by atoms with Crippen LogP contribution in [0.4, 0.5) is 0 Å². The Bertz CT molecular complexity index is 483. The van der Waals surface area contributed by atoms with E-state index in [-0.39, 0.29) is 11.6 Å². The van der Waals surface area contributed by atoms with Crippen LogP contribution >= 0.6 is 11.6 Å². The van der Waals surface area contributed by atoms with Crippen molar-refractivity contribution in [2.45, 2.75) is 44.2 Å². The molecule has 1 saturated carbocycles. The molecule has 1 aliphatic rings. The average molecular weight is 313 g/mol. The molecule has 0 heterocycles. The van der Waals surface area contributed by atoms with Crippen LogP contribution in [0.5, 0.6) is 5.75 Å². The maximum atomic E-state index is 6.11. The lowest BCUT2D eigenvalue weighted by molar-refractivity contribution is -0.0806. The quantitative estimate of drug-likeness (QED) is 0.646. The zero-order chi connectivity index (χ0) is 15.5. The molecule has 0 radical (unpaired) electrons. The van der Waals surface area contributed by atoms with E-state index in [4.69, 9.17) is 26.9 Å². The maximum Gasteiger partial charge on any atom is 0.137 e. The van der Waals surface area contributed by atoms with Gasteiger partial charge in [-0.05, 0) is 36.5 Å². The van der Waals surface area contributed by atoms with Gasteiger partial charge in [0.1, 0.15) is 5.75 Å². The molecule has 1 fully saturated rings. The summed E-state index contributed by atoms with van der Waals surface area (Å²) in [5, 5.41) is 0.598. The third-order valence-corrected chi connectivity index (χ3v) is 4.91. The van der Waals surface area contributed by atoms with Crippen LogP contribution in [0.25, 0.3) is 0 Å². The Labute approximate surface area is 131 Å². The van der Waals surface area contributed by atoms with Crippen molar-refractivity contribution in [2.24, 2.45) is 11.8 Å². The van der Waals surface area contributed by atoms with Gasteiger partial charge in [0.2, 0.25) is 0 Å². The van der Waals surface area contributed by atoms with Crippen molar-refractivity contribution in [1.82, 2.24) is 5.43 Å². The number of halogens is 1. The van der Waals surface area contributed by atoms with E-state index in [1.54, 1.807) is 14.2 Å². The Hall–Kier alpha value is -0.810. The molecule has 0 spiro atoms. The molecule has 118 valence electrons. The summed E-state index contributed by atoms with van der Waals surface area (Å²) < 4.78 is 11.3. The number of methoxy groups -OCH3 is 2. The van der Waals surface area contributed by atoms with E-state index in [1.165, 1.54) is 6.42 Å². The minimum atomic E-state index is -0.286. The lowest BCUT2D eigenvalue weighted by atomic mass is 9.73. The Kier molecular flexibility index (Phi) is 5.49. The third-order valence-electron chi connectivity index (χ3n) is 4.60. The van der Waals surface area contributed by atoms with Gasteiger partial charge in [-0.15, -0.1) is 0 Å². The Morgan fingerprint density at radius 3 is 2.76 bits per heavy atom. The van der Waals surface area contributed by atoms with Crippen molar-refractivity contribution < 1.29 is 9.47 Å². The van der Waals surface area contributed by atoms with Gasteiger partial charge in [0.25, 0.3) is 0 Å². The predicted molar refractivity (Wildman–Crippen MR) is 85.4 cm³/mol. The molecule has 0 aliphatic heterocycles. The molecular weight excluding hydrogens is 288 g/mol. The van der Waals surface area contributed by atoms with Crippen LogP contribution in [0.15, 0.2) is 18.2 Å². The van der Waals surface area contributed by atoms with Gasteiger partial charge in [0.15, 0.2) is 0 Å². The highest BCUT2D eigenvalue weighted by molar-refractivity contribution is 6.32. The first-order valence-corrected chi connectivity index (χ1v) is 7.79. The third kappa shape index (κ3) is 3.34. The molecule has 3 atom stereocenters. The summed E-state index contributed by atoms with van der Waals surface area (Å²) in [6.45, 7) is 2.27. The topological polar surface area (TPSA) is 56.5 Å².